The molecule has 0 fully saturated rings. The Kier molecular flexibility index (Phi) is 5.35. The number of nitrogens with zero attached hydrogens (tertiary/aromatic N) is 4. The summed E-state index contributed by atoms with van der Waals surface area (Å²) in [7, 11) is 0. The normalized spacial score (nSPS) is 11.6. The molecule has 29 heavy (non-hydrogen) atoms. The second-order valence-electron chi connectivity index (χ2n) is 6.21. The van der Waals surface area contributed by atoms with Crippen LogP contribution in [0.3, 0.4) is 0 Å². The molecule has 0 unspecified atom stereocenters. The smallest absolute Gasteiger partial charge is 0.270 e. The van der Waals surface area contributed by atoms with E-state index in [-0.39, 0.29) is 0 Å². The van der Waals surface area contributed by atoms with E-state index in [4.69, 9.17) is 0 Å². The van der Waals surface area contributed by atoms with Gasteiger partial charge in [-0.1, -0.05) is 48.2 Å². The Morgan fingerprint density at radius 2 is 1.72 bits per heavy atom. The number of pyridine rings is 1. The van der Waals surface area contributed by atoms with Gasteiger partial charge in [-0.25, -0.2) is 0 Å². The van der Waals surface area contributed by atoms with Gasteiger partial charge in [0.2, 0.25) is 0 Å². The molecule has 146 valence electrons. The number of para-hydroxylation sites is 1. The number of alkyl halides is 3. The van der Waals surface area contributed by atoms with Crippen molar-refractivity contribution in [2.24, 2.45) is 0 Å². The first-order chi connectivity index (χ1) is 14.0. The fraction of sp³-hybridized carbons (Fsp3) is 0.0952. The van der Waals surface area contributed by atoms with E-state index in [1.807, 2.05) is 47.0 Å². The third-order valence-electron chi connectivity index (χ3n) is 4.19. The van der Waals surface area contributed by atoms with E-state index in [9.17, 15) is 13.2 Å². The summed E-state index contributed by atoms with van der Waals surface area (Å²) in [6.45, 7) is 0. The van der Waals surface area contributed by atoms with Crippen molar-refractivity contribution < 1.29 is 13.2 Å². The van der Waals surface area contributed by atoms with Crippen molar-refractivity contribution in [2.45, 2.75) is 17.1 Å². The molecule has 4 nitrogen and oxygen atoms in total. The highest BCUT2D eigenvalue weighted by Crippen LogP contribution is 2.32. The van der Waals surface area contributed by atoms with E-state index < -0.39 is 11.7 Å². The summed E-state index contributed by atoms with van der Waals surface area (Å²) in [5, 5.41) is 9.18. The van der Waals surface area contributed by atoms with E-state index in [2.05, 4.69) is 15.2 Å². The predicted molar refractivity (Wildman–Crippen MR) is 106 cm³/mol. The van der Waals surface area contributed by atoms with Gasteiger partial charge in [-0.15, -0.1) is 10.2 Å². The zero-order valence-corrected chi connectivity index (χ0v) is 15.9. The fourth-order valence-corrected chi connectivity index (χ4v) is 3.74. The van der Waals surface area contributed by atoms with Gasteiger partial charge in [0.1, 0.15) is 0 Å². The molecule has 0 aliphatic heterocycles. The summed E-state index contributed by atoms with van der Waals surface area (Å²) in [6, 6.07) is 18.6. The Bertz CT molecular complexity index is 1100. The Morgan fingerprint density at radius 3 is 2.45 bits per heavy atom. The summed E-state index contributed by atoms with van der Waals surface area (Å²) >= 11 is 1.33. The molecule has 2 aromatic carbocycles. The monoisotopic (exact) mass is 412 g/mol. The SMILES string of the molecule is FC(F)(F)c1cccc(CSc2nnc(-c3cccnc3)n2-c2ccccc2)c1. The number of hydrogen-bond acceptors (Lipinski definition) is 4. The molecule has 0 amide bonds. The van der Waals surface area contributed by atoms with Gasteiger partial charge in [0, 0.05) is 29.4 Å². The number of thioether (sulfide) groups is 1. The first-order valence-corrected chi connectivity index (χ1v) is 9.71. The lowest BCUT2D eigenvalue weighted by Crippen LogP contribution is -2.05. The first kappa shape index (κ1) is 19.2. The van der Waals surface area contributed by atoms with Crippen molar-refractivity contribution in [3.05, 3.63) is 90.3 Å². The number of halogens is 3. The maximum Gasteiger partial charge on any atom is 0.416 e. The van der Waals surface area contributed by atoms with Crippen LogP contribution in [0.1, 0.15) is 11.1 Å². The number of rotatable bonds is 5. The van der Waals surface area contributed by atoms with Gasteiger partial charge >= 0.3 is 6.18 Å². The van der Waals surface area contributed by atoms with Crippen LogP contribution in [0.4, 0.5) is 13.2 Å². The summed E-state index contributed by atoms with van der Waals surface area (Å²) in [6.07, 6.45) is -0.987. The maximum atomic E-state index is 13.0. The predicted octanol–water partition coefficient (Wildman–Crippen LogP) is 5.64. The van der Waals surface area contributed by atoms with Crippen LogP contribution in [0.25, 0.3) is 17.1 Å². The van der Waals surface area contributed by atoms with Crippen LogP contribution in [0.2, 0.25) is 0 Å². The molecule has 0 N–H and O–H groups in total. The number of hydrogen-bond donors (Lipinski definition) is 0. The molecule has 2 heterocycles. The zero-order valence-electron chi connectivity index (χ0n) is 15.0. The van der Waals surface area contributed by atoms with Crippen molar-refractivity contribution in [3.8, 4) is 17.1 Å². The Morgan fingerprint density at radius 1 is 0.897 bits per heavy atom. The van der Waals surface area contributed by atoms with Gasteiger partial charge in [0.25, 0.3) is 0 Å². The van der Waals surface area contributed by atoms with Crippen LogP contribution in [0, 0.1) is 0 Å². The van der Waals surface area contributed by atoms with E-state index >= 15 is 0 Å². The maximum absolute atomic E-state index is 13.0. The molecule has 4 rings (SSSR count). The average molecular weight is 412 g/mol. The molecule has 0 radical (unpaired) electrons. The molecule has 0 atom stereocenters. The van der Waals surface area contributed by atoms with Gasteiger partial charge < -0.3 is 0 Å². The molecule has 8 heteroatoms. The minimum absolute atomic E-state index is 0.335. The quantitative estimate of drug-likeness (QED) is 0.398. The van der Waals surface area contributed by atoms with Crippen LogP contribution in [-0.4, -0.2) is 19.7 Å². The molecule has 0 aliphatic rings. The fourth-order valence-electron chi connectivity index (χ4n) is 2.84. The minimum atomic E-state index is -4.36. The van der Waals surface area contributed by atoms with Crippen LogP contribution >= 0.6 is 11.8 Å². The minimum Gasteiger partial charge on any atom is -0.270 e. The third kappa shape index (κ3) is 4.32. The third-order valence-corrected chi connectivity index (χ3v) is 5.19. The lowest BCUT2D eigenvalue weighted by Gasteiger charge is -2.11. The summed E-state index contributed by atoms with van der Waals surface area (Å²) < 4.78 is 40.8. The average Bonchev–Trinajstić information content (AvgIpc) is 3.17. The first-order valence-electron chi connectivity index (χ1n) is 8.72. The van der Waals surface area contributed by atoms with Crippen molar-refractivity contribution in [3.63, 3.8) is 0 Å². The van der Waals surface area contributed by atoms with E-state index in [0.29, 0.717) is 22.3 Å². The summed E-state index contributed by atoms with van der Waals surface area (Å²) in [4.78, 5) is 4.14. The van der Waals surface area contributed by atoms with E-state index in [0.717, 1.165) is 23.4 Å². The summed E-state index contributed by atoms with van der Waals surface area (Å²) in [5.41, 5.74) is 1.57. The lowest BCUT2D eigenvalue weighted by molar-refractivity contribution is -0.137. The highest BCUT2D eigenvalue weighted by molar-refractivity contribution is 7.98. The number of aromatic nitrogens is 4. The molecular formula is C21H15F3N4S. The second kappa shape index (κ2) is 8.08. The van der Waals surface area contributed by atoms with Gasteiger partial charge in [-0.2, -0.15) is 13.2 Å². The van der Waals surface area contributed by atoms with Gasteiger partial charge in [-0.05, 0) is 35.9 Å². The van der Waals surface area contributed by atoms with Crippen molar-refractivity contribution in [2.75, 3.05) is 0 Å². The largest absolute Gasteiger partial charge is 0.416 e. The van der Waals surface area contributed by atoms with Crippen molar-refractivity contribution in [1.29, 1.82) is 0 Å². The Hall–Kier alpha value is -3.13. The Labute approximate surface area is 169 Å². The highest BCUT2D eigenvalue weighted by Gasteiger charge is 2.30. The van der Waals surface area contributed by atoms with E-state index in [1.165, 1.54) is 17.8 Å². The van der Waals surface area contributed by atoms with Crippen molar-refractivity contribution in [1.82, 2.24) is 19.7 Å². The van der Waals surface area contributed by atoms with Crippen molar-refractivity contribution >= 4 is 11.8 Å². The topological polar surface area (TPSA) is 43.6 Å². The molecule has 0 bridgehead atoms. The molecule has 0 spiro atoms. The second-order valence-corrected chi connectivity index (χ2v) is 7.15. The Balaban J connectivity index is 1.67. The molecule has 0 saturated heterocycles. The highest BCUT2D eigenvalue weighted by atomic mass is 32.2. The molecule has 0 saturated carbocycles. The van der Waals surface area contributed by atoms with Gasteiger partial charge in [0.15, 0.2) is 11.0 Å². The molecular weight excluding hydrogens is 397 g/mol. The standard InChI is InChI=1S/C21H15F3N4S/c22-21(23,24)17-8-4-6-15(12-17)14-29-20-27-26-19(16-7-5-11-25-13-16)28(20)18-9-2-1-3-10-18/h1-13H,14H2. The molecule has 0 aliphatic carbocycles. The van der Waals surface area contributed by atoms with Gasteiger partial charge in [0.05, 0.1) is 5.56 Å². The van der Waals surface area contributed by atoms with Crippen LogP contribution in [-0.2, 0) is 11.9 Å². The molecule has 2 aromatic heterocycles. The zero-order chi connectivity index (χ0) is 20.3. The van der Waals surface area contributed by atoms with Crippen LogP contribution < -0.4 is 0 Å². The number of benzene rings is 2. The van der Waals surface area contributed by atoms with Gasteiger partial charge in [-0.3, -0.25) is 9.55 Å². The van der Waals surface area contributed by atoms with Crippen LogP contribution in [0.15, 0.2) is 84.3 Å². The van der Waals surface area contributed by atoms with E-state index in [1.54, 1.807) is 18.5 Å². The molecule has 4 aromatic rings. The van der Waals surface area contributed by atoms with Crippen LogP contribution in [0.5, 0.6) is 0 Å². The summed E-state index contributed by atoms with van der Waals surface area (Å²) in [5.74, 6) is 0.956. The lowest BCUT2D eigenvalue weighted by atomic mass is 10.1.